The minimum Gasteiger partial charge on any atom is -0.460 e. The van der Waals surface area contributed by atoms with E-state index < -0.39 is 16.8 Å². The van der Waals surface area contributed by atoms with E-state index in [1.165, 1.54) is 7.11 Å². The van der Waals surface area contributed by atoms with Crippen molar-refractivity contribution in [3.8, 4) is 0 Å². The van der Waals surface area contributed by atoms with Gasteiger partial charge in [-0.2, -0.15) is 0 Å². The highest BCUT2D eigenvalue weighted by atomic mass is 16.6. The van der Waals surface area contributed by atoms with Gasteiger partial charge in [0.15, 0.2) is 5.58 Å². The third-order valence-corrected chi connectivity index (χ3v) is 3.90. The number of carbonyl (C=O) groups excluding carboxylic acids is 1. The molecule has 1 N–H and O–H groups in total. The largest absolute Gasteiger partial charge is 0.460 e. The zero-order valence-electron chi connectivity index (χ0n) is 14.6. The molecule has 8 heteroatoms. The number of ether oxygens (including phenoxy) is 2. The molecule has 0 unspecified atom stereocenters. The molecule has 0 saturated carbocycles. The first kappa shape index (κ1) is 17.7. The van der Waals surface area contributed by atoms with E-state index in [2.05, 4.69) is 4.98 Å². The summed E-state index contributed by atoms with van der Waals surface area (Å²) in [5, 5.41) is 0.127. The van der Waals surface area contributed by atoms with Gasteiger partial charge in [-0.3, -0.25) is 9.59 Å². The van der Waals surface area contributed by atoms with Crippen molar-refractivity contribution >= 4 is 22.8 Å². The van der Waals surface area contributed by atoms with E-state index in [9.17, 15) is 14.4 Å². The van der Waals surface area contributed by atoms with E-state index in [1.807, 2.05) is 25.1 Å². The van der Waals surface area contributed by atoms with Gasteiger partial charge < -0.3 is 23.8 Å². The lowest BCUT2D eigenvalue weighted by atomic mass is 10.2. The molecule has 1 aliphatic carbocycles. The molecular weight excluding hydrogens is 340 g/mol. The lowest BCUT2D eigenvalue weighted by molar-refractivity contribution is 0.0386. The first-order chi connectivity index (χ1) is 12.4. The normalized spacial score (nSPS) is 11.0. The monoisotopic (exact) mass is 358 g/mol. The Bertz CT molecular complexity index is 1140. The third-order valence-electron chi connectivity index (χ3n) is 3.90. The number of hydrogen-bond donors (Lipinski definition) is 1. The molecule has 1 heterocycles. The van der Waals surface area contributed by atoms with Gasteiger partial charge in [-0.05, 0) is 12.1 Å². The minimum absolute atomic E-state index is 0.0288. The summed E-state index contributed by atoms with van der Waals surface area (Å²) in [7, 11) is 5.22. The molecule has 0 spiro atoms. The predicted molar refractivity (Wildman–Crippen MR) is 94.9 cm³/mol. The van der Waals surface area contributed by atoms with Crippen LogP contribution in [0.4, 0.5) is 5.69 Å². The Morgan fingerprint density at radius 1 is 1.19 bits per heavy atom. The van der Waals surface area contributed by atoms with E-state index in [-0.39, 0.29) is 29.5 Å². The van der Waals surface area contributed by atoms with E-state index >= 15 is 0 Å². The van der Waals surface area contributed by atoms with E-state index in [0.29, 0.717) is 11.1 Å². The van der Waals surface area contributed by atoms with Gasteiger partial charge in [-0.1, -0.05) is 0 Å². The fraction of sp³-hybridized carbons (Fsp3) is 0.278. The van der Waals surface area contributed by atoms with Crippen molar-refractivity contribution in [1.29, 1.82) is 0 Å². The molecule has 0 saturated heterocycles. The minimum atomic E-state index is -0.837. The van der Waals surface area contributed by atoms with Gasteiger partial charge in [-0.25, -0.2) is 4.79 Å². The summed E-state index contributed by atoms with van der Waals surface area (Å²) in [4.78, 5) is 41.4. The summed E-state index contributed by atoms with van der Waals surface area (Å²) in [6.07, 6.45) is 0. The molecule has 0 bridgehead atoms. The van der Waals surface area contributed by atoms with Gasteiger partial charge in [-0.15, -0.1) is 0 Å². The molecule has 1 aromatic rings. The van der Waals surface area contributed by atoms with Gasteiger partial charge in [0.05, 0.1) is 17.7 Å². The molecule has 26 heavy (non-hydrogen) atoms. The van der Waals surface area contributed by atoms with Crippen molar-refractivity contribution < 1.29 is 18.7 Å². The first-order valence-electron chi connectivity index (χ1n) is 7.89. The summed E-state index contributed by atoms with van der Waals surface area (Å²) < 4.78 is 15.6. The van der Waals surface area contributed by atoms with Crippen molar-refractivity contribution in [2.75, 3.05) is 39.3 Å². The predicted octanol–water partition coefficient (Wildman–Crippen LogP) is 1.08. The smallest absolute Gasteiger partial charge is 0.340 e. The maximum atomic E-state index is 12.3. The van der Waals surface area contributed by atoms with Gasteiger partial charge >= 0.3 is 5.97 Å². The summed E-state index contributed by atoms with van der Waals surface area (Å²) >= 11 is 0. The standard InChI is InChI=1S/C18H18N2O6/c1-20(2)10-4-5-12-14(8-10)26-17-15(19-12)11(9-13(21)16(17)22)18(23)25-7-6-24-3/h4-5,8-9,19H,6-7H2,1-3H3. The number of benzene rings is 1. The third kappa shape index (κ3) is 3.18. The zero-order chi connectivity index (χ0) is 18.8. The molecule has 0 fully saturated rings. The number of methoxy groups -OCH3 is 1. The second kappa shape index (κ2) is 7.01. The number of aromatic nitrogens is 1. The number of nitrogens with zero attached hydrogens (tertiary/aromatic N) is 1. The van der Waals surface area contributed by atoms with Crippen molar-refractivity contribution in [3.05, 3.63) is 61.0 Å². The number of carbonyl (C=O) groups is 1. The molecular formula is C18H18N2O6. The van der Waals surface area contributed by atoms with Gasteiger partial charge in [0.2, 0.25) is 10.8 Å². The molecule has 136 valence electrons. The molecule has 1 aliphatic heterocycles. The maximum absolute atomic E-state index is 12.3. The molecule has 0 aromatic heterocycles. The fourth-order valence-electron chi connectivity index (χ4n) is 2.52. The summed E-state index contributed by atoms with van der Waals surface area (Å²) in [5.74, 6) is -0.736. The number of hydrogen-bond acceptors (Lipinski definition) is 7. The highest BCUT2D eigenvalue weighted by Crippen LogP contribution is 2.20. The molecule has 3 rings (SSSR count). The van der Waals surface area contributed by atoms with Crippen molar-refractivity contribution in [2.45, 2.75) is 0 Å². The van der Waals surface area contributed by atoms with Crippen molar-refractivity contribution in [2.24, 2.45) is 0 Å². The lowest BCUT2D eigenvalue weighted by Crippen LogP contribution is -2.27. The van der Waals surface area contributed by atoms with Crippen molar-refractivity contribution in [1.82, 2.24) is 4.98 Å². The first-order valence-corrected chi connectivity index (χ1v) is 7.89. The SMILES string of the molecule is COCCOC(=O)c1cc(=O)c(=O)c2oc3cc(N(C)C)ccc3[nH]c1=2. The highest BCUT2D eigenvalue weighted by molar-refractivity contribution is 5.89. The number of fused-ring (bicyclic) bond motifs is 1. The van der Waals surface area contributed by atoms with Gasteiger partial charge in [0, 0.05) is 39.0 Å². The van der Waals surface area contributed by atoms with Crippen LogP contribution in [0.1, 0.15) is 10.4 Å². The van der Waals surface area contributed by atoms with Crippen molar-refractivity contribution in [3.63, 3.8) is 0 Å². The Kier molecular flexibility index (Phi) is 4.77. The average molecular weight is 358 g/mol. The van der Waals surface area contributed by atoms with Crippen LogP contribution in [0.3, 0.4) is 0 Å². The molecule has 0 radical (unpaired) electrons. The molecule has 8 nitrogen and oxygen atoms in total. The van der Waals surface area contributed by atoms with Crippen LogP contribution in [-0.4, -0.2) is 45.4 Å². The maximum Gasteiger partial charge on any atom is 0.340 e. The van der Waals surface area contributed by atoms with Crippen LogP contribution in [0.5, 0.6) is 0 Å². The average Bonchev–Trinajstić information content (AvgIpc) is 2.63. The zero-order valence-corrected chi connectivity index (χ0v) is 14.6. The number of esters is 1. The van der Waals surface area contributed by atoms with Crippen LogP contribution in [0, 0.1) is 10.8 Å². The Balaban J connectivity index is 2.26. The van der Waals surface area contributed by atoms with Crippen LogP contribution in [0.15, 0.2) is 38.3 Å². The topological polar surface area (TPSA) is 102 Å². The summed E-state index contributed by atoms with van der Waals surface area (Å²) in [6.45, 7) is 0.249. The van der Waals surface area contributed by atoms with Crippen LogP contribution in [0.25, 0.3) is 11.1 Å². The highest BCUT2D eigenvalue weighted by Gasteiger charge is 2.17. The lowest BCUT2D eigenvalue weighted by Gasteiger charge is -2.12. The summed E-state index contributed by atoms with van der Waals surface area (Å²) in [5.41, 5.74) is -0.0861. The number of nitrogens with one attached hydrogen (secondary N) is 1. The van der Waals surface area contributed by atoms with E-state index in [0.717, 1.165) is 11.8 Å². The molecule has 0 amide bonds. The number of H-pyrrole nitrogens is 1. The van der Waals surface area contributed by atoms with Gasteiger partial charge in [0.1, 0.15) is 12.0 Å². The molecule has 0 atom stereocenters. The quantitative estimate of drug-likeness (QED) is 0.413. The Hall–Kier alpha value is -3.13. The fourth-order valence-corrected chi connectivity index (χ4v) is 2.52. The van der Waals surface area contributed by atoms with Crippen LogP contribution in [-0.2, 0) is 9.47 Å². The van der Waals surface area contributed by atoms with Gasteiger partial charge in [0.25, 0.3) is 5.43 Å². The Morgan fingerprint density at radius 3 is 2.65 bits per heavy atom. The Labute approximate surface area is 147 Å². The summed E-state index contributed by atoms with van der Waals surface area (Å²) in [6, 6.07) is 6.32. The number of aromatic amines is 1. The molecule has 2 aliphatic rings. The number of anilines is 1. The van der Waals surface area contributed by atoms with Crippen LogP contribution >= 0.6 is 0 Å². The van der Waals surface area contributed by atoms with E-state index in [4.69, 9.17) is 13.9 Å². The molecule has 1 aromatic carbocycles. The second-order valence-corrected chi connectivity index (χ2v) is 5.89. The number of rotatable bonds is 5. The van der Waals surface area contributed by atoms with Crippen LogP contribution < -0.4 is 15.8 Å². The van der Waals surface area contributed by atoms with Crippen LogP contribution in [0.2, 0.25) is 0 Å². The van der Waals surface area contributed by atoms with E-state index in [1.54, 1.807) is 12.1 Å². The Morgan fingerprint density at radius 2 is 1.96 bits per heavy atom. The second-order valence-electron chi connectivity index (χ2n) is 5.89.